The van der Waals surface area contributed by atoms with Gasteiger partial charge in [-0.05, 0) is 83.5 Å². The molecule has 0 saturated carbocycles. The SMILES string of the molecule is CCCCC/C=C\C/C=C\C/C=C\CCCCC(=O)OC[C@H](COC(=O)CCCCCCC/C=C\CCCCCC)OC(=O)CCCCCCCCCCCCC. The zero-order valence-electron chi connectivity index (χ0n) is 37.6. The van der Waals surface area contributed by atoms with Crippen LogP contribution in [0.2, 0.25) is 0 Å². The maximum Gasteiger partial charge on any atom is 0.306 e. The molecule has 57 heavy (non-hydrogen) atoms. The van der Waals surface area contributed by atoms with Crippen molar-refractivity contribution in [2.45, 2.75) is 245 Å². The van der Waals surface area contributed by atoms with Crippen LogP contribution in [0.15, 0.2) is 48.6 Å². The van der Waals surface area contributed by atoms with Crippen LogP contribution < -0.4 is 0 Å². The van der Waals surface area contributed by atoms with E-state index < -0.39 is 6.10 Å². The summed E-state index contributed by atoms with van der Waals surface area (Å²) in [7, 11) is 0. The van der Waals surface area contributed by atoms with Gasteiger partial charge < -0.3 is 14.2 Å². The number of hydrogen-bond acceptors (Lipinski definition) is 6. The number of carbonyl (C=O) groups excluding carboxylic acids is 3. The predicted molar refractivity (Wildman–Crippen MR) is 242 cm³/mol. The molecule has 0 fully saturated rings. The summed E-state index contributed by atoms with van der Waals surface area (Å²) in [4.78, 5) is 37.8. The number of allylic oxidation sites excluding steroid dienone is 8. The van der Waals surface area contributed by atoms with Crippen LogP contribution in [0.25, 0.3) is 0 Å². The van der Waals surface area contributed by atoms with Crippen molar-refractivity contribution in [3.05, 3.63) is 48.6 Å². The third kappa shape index (κ3) is 44.3. The van der Waals surface area contributed by atoms with Gasteiger partial charge in [-0.1, -0.05) is 185 Å². The first-order chi connectivity index (χ1) is 28.0. The summed E-state index contributed by atoms with van der Waals surface area (Å²) in [5.41, 5.74) is 0. The van der Waals surface area contributed by atoms with Crippen LogP contribution in [0.1, 0.15) is 239 Å². The lowest BCUT2D eigenvalue weighted by molar-refractivity contribution is -0.167. The van der Waals surface area contributed by atoms with Crippen molar-refractivity contribution in [2.24, 2.45) is 0 Å². The molecule has 0 saturated heterocycles. The monoisotopic (exact) mass is 799 g/mol. The number of unbranched alkanes of at least 4 members (excludes halogenated alkanes) is 24. The van der Waals surface area contributed by atoms with E-state index >= 15 is 0 Å². The first-order valence-corrected chi connectivity index (χ1v) is 24.1. The summed E-state index contributed by atoms with van der Waals surface area (Å²) in [6.07, 6.45) is 53.7. The van der Waals surface area contributed by atoms with Crippen molar-refractivity contribution < 1.29 is 28.6 Å². The van der Waals surface area contributed by atoms with Crippen LogP contribution in [0.4, 0.5) is 0 Å². The van der Waals surface area contributed by atoms with Crippen LogP contribution in [0.3, 0.4) is 0 Å². The summed E-state index contributed by atoms with van der Waals surface area (Å²) in [6.45, 7) is 6.54. The molecule has 0 aromatic heterocycles. The molecular formula is C51H90O6. The predicted octanol–water partition coefficient (Wildman–Crippen LogP) is 15.5. The van der Waals surface area contributed by atoms with E-state index in [0.29, 0.717) is 19.3 Å². The minimum absolute atomic E-state index is 0.0879. The summed E-state index contributed by atoms with van der Waals surface area (Å²) in [6, 6.07) is 0. The Balaban J connectivity index is 4.43. The summed E-state index contributed by atoms with van der Waals surface area (Å²) < 4.78 is 16.7. The van der Waals surface area contributed by atoms with E-state index in [2.05, 4.69) is 69.4 Å². The largest absolute Gasteiger partial charge is 0.462 e. The number of rotatable bonds is 43. The van der Waals surface area contributed by atoms with Crippen molar-refractivity contribution in [2.75, 3.05) is 13.2 Å². The smallest absolute Gasteiger partial charge is 0.306 e. The maximum absolute atomic E-state index is 12.7. The first kappa shape index (κ1) is 54.4. The normalized spacial score (nSPS) is 12.4. The van der Waals surface area contributed by atoms with Crippen molar-refractivity contribution in [1.82, 2.24) is 0 Å². The fourth-order valence-corrected chi connectivity index (χ4v) is 6.62. The van der Waals surface area contributed by atoms with Gasteiger partial charge in [-0.15, -0.1) is 0 Å². The molecule has 0 rings (SSSR count). The van der Waals surface area contributed by atoms with Crippen LogP contribution in [-0.4, -0.2) is 37.2 Å². The van der Waals surface area contributed by atoms with Gasteiger partial charge in [0, 0.05) is 19.3 Å². The summed E-state index contributed by atoms with van der Waals surface area (Å²) in [5.74, 6) is -0.934. The third-order valence-electron chi connectivity index (χ3n) is 10.3. The fourth-order valence-electron chi connectivity index (χ4n) is 6.62. The second-order valence-corrected chi connectivity index (χ2v) is 16.0. The minimum Gasteiger partial charge on any atom is -0.462 e. The molecule has 0 heterocycles. The Hall–Kier alpha value is -2.63. The molecule has 0 spiro atoms. The number of hydrogen-bond donors (Lipinski definition) is 0. The van der Waals surface area contributed by atoms with Gasteiger partial charge in [0.25, 0.3) is 0 Å². The fraction of sp³-hybridized carbons (Fsp3) is 0.784. The molecule has 0 unspecified atom stereocenters. The Morgan fingerprint density at radius 2 is 0.632 bits per heavy atom. The maximum atomic E-state index is 12.7. The highest BCUT2D eigenvalue weighted by molar-refractivity contribution is 5.71. The topological polar surface area (TPSA) is 78.9 Å². The van der Waals surface area contributed by atoms with Gasteiger partial charge in [-0.25, -0.2) is 0 Å². The highest BCUT2D eigenvalue weighted by atomic mass is 16.6. The van der Waals surface area contributed by atoms with E-state index in [-0.39, 0.29) is 31.1 Å². The van der Waals surface area contributed by atoms with Gasteiger partial charge in [-0.3, -0.25) is 14.4 Å². The van der Waals surface area contributed by atoms with Gasteiger partial charge in [0.2, 0.25) is 0 Å². The molecule has 0 aliphatic heterocycles. The Labute approximate surface area is 352 Å². The van der Waals surface area contributed by atoms with E-state index in [9.17, 15) is 14.4 Å². The number of esters is 3. The first-order valence-electron chi connectivity index (χ1n) is 24.1. The Bertz CT molecular complexity index is 1010. The third-order valence-corrected chi connectivity index (χ3v) is 10.3. The number of carbonyl (C=O) groups is 3. The molecule has 0 aliphatic rings. The Kier molecular flexibility index (Phi) is 43.9. The highest BCUT2D eigenvalue weighted by Crippen LogP contribution is 2.14. The average molecular weight is 799 g/mol. The van der Waals surface area contributed by atoms with Gasteiger partial charge in [0.1, 0.15) is 13.2 Å². The molecule has 330 valence electrons. The van der Waals surface area contributed by atoms with Gasteiger partial charge in [-0.2, -0.15) is 0 Å². The molecule has 0 bridgehead atoms. The van der Waals surface area contributed by atoms with E-state index in [0.717, 1.165) is 77.0 Å². The molecule has 6 nitrogen and oxygen atoms in total. The standard InChI is InChI=1S/C51H90O6/c1-4-7-10-13-16-19-22-24-25-27-30-32-35-38-41-44-50(53)56-47-48(57-51(54)45-42-39-36-33-28-21-18-15-12-9-6-3)46-55-49(52)43-40-37-34-31-29-26-23-20-17-14-11-8-5-2/h16,19-20,23-25,30,32,48H,4-15,17-18,21-22,26-29,31,33-47H2,1-3H3/b19-16-,23-20-,25-24-,32-30-/t48-/m0/s1. The highest BCUT2D eigenvalue weighted by Gasteiger charge is 2.19. The van der Waals surface area contributed by atoms with E-state index in [1.165, 1.54) is 122 Å². The van der Waals surface area contributed by atoms with Gasteiger partial charge in [0.05, 0.1) is 0 Å². The number of ether oxygens (including phenoxy) is 3. The van der Waals surface area contributed by atoms with Crippen molar-refractivity contribution in [3.8, 4) is 0 Å². The van der Waals surface area contributed by atoms with Crippen LogP contribution in [-0.2, 0) is 28.6 Å². The molecule has 6 heteroatoms. The second-order valence-electron chi connectivity index (χ2n) is 16.0. The molecule has 0 radical (unpaired) electrons. The molecule has 0 aromatic rings. The van der Waals surface area contributed by atoms with Crippen molar-refractivity contribution in [1.29, 1.82) is 0 Å². The Morgan fingerprint density at radius 3 is 1.09 bits per heavy atom. The molecule has 0 aromatic carbocycles. The molecule has 1 atom stereocenters. The lowest BCUT2D eigenvalue weighted by Crippen LogP contribution is -2.30. The van der Waals surface area contributed by atoms with Gasteiger partial charge >= 0.3 is 17.9 Å². The summed E-state index contributed by atoms with van der Waals surface area (Å²) in [5, 5.41) is 0. The quantitative estimate of drug-likeness (QED) is 0.0265. The van der Waals surface area contributed by atoms with E-state index in [4.69, 9.17) is 14.2 Å². The minimum atomic E-state index is -0.787. The summed E-state index contributed by atoms with van der Waals surface area (Å²) >= 11 is 0. The lowest BCUT2D eigenvalue weighted by Gasteiger charge is -2.18. The molecule has 0 N–H and O–H groups in total. The van der Waals surface area contributed by atoms with Gasteiger partial charge in [0.15, 0.2) is 6.10 Å². The Morgan fingerprint density at radius 1 is 0.351 bits per heavy atom. The molecular weight excluding hydrogens is 709 g/mol. The van der Waals surface area contributed by atoms with E-state index in [1.54, 1.807) is 0 Å². The molecule has 0 amide bonds. The second kappa shape index (κ2) is 46.1. The van der Waals surface area contributed by atoms with Crippen LogP contribution in [0, 0.1) is 0 Å². The van der Waals surface area contributed by atoms with Crippen LogP contribution >= 0.6 is 0 Å². The van der Waals surface area contributed by atoms with Crippen LogP contribution in [0.5, 0.6) is 0 Å². The zero-order chi connectivity index (χ0) is 41.5. The van der Waals surface area contributed by atoms with Crippen molar-refractivity contribution >= 4 is 17.9 Å². The zero-order valence-corrected chi connectivity index (χ0v) is 37.6. The molecule has 0 aliphatic carbocycles. The lowest BCUT2D eigenvalue weighted by atomic mass is 10.1. The van der Waals surface area contributed by atoms with Crippen molar-refractivity contribution in [3.63, 3.8) is 0 Å². The average Bonchev–Trinajstić information content (AvgIpc) is 3.21. The van der Waals surface area contributed by atoms with E-state index in [1.807, 2.05) is 0 Å².